The van der Waals surface area contributed by atoms with E-state index in [4.69, 9.17) is 11.5 Å². The minimum Gasteiger partial charge on any atom is -0.369 e. The summed E-state index contributed by atoms with van der Waals surface area (Å²) in [4.78, 5) is 23.2. The lowest BCUT2D eigenvalue weighted by atomic mass is 9.69. The minimum atomic E-state index is -0.847. The Kier molecular flexibility index (Phi) is 2.69. The van der Waals surface area contributed by atoms with Crippen molar-refractivity contribution >= 4 is 11.8 Å². The van der Waals surface area contributed by atoms with Gasteiger partial charge in [-0.2, -0.15) is 0 Å². The third-order valence-corrected chi connectivity index (χ3v) is 4.35. The highest BCUT2D eigenvalue weighted by Crippen LogP contribution is 2.63. The Hall–Kier alpha value is -1.84. The molecule has 4 nitrogen and oxygen atoms in total. The van der Waals surface area contributed by atoms with Gasteiger partial charge in [0.25, 0.3) is 0 Å². The molecule has 0 bridgehead atoms. The number of benzene rings is 1. The molecule has 2 amide bonds. The molecular weight excluding hydrogens is 228 g/mol. The predicted molar refractivity (Wildman–Crippen MR) is 68.4 cm³/mol. The second-order valence-electron chi connectivity index (χ2n) is 5.49. The maximum atomic E-state index is 11.8. The summed E-state index contributed by atoms with van der Waals surface area (Å²) >= 11 is 0. The topological polar surface area (TPSA) is 86.2 Å². The van der Waals surface area contributed by atoms with E-state index in [0.29, 0.717) is 6.42 Å². The van der Waals surface area contributed by atoms with Crippen LogP contribution in [-0.4, -0.2) is 11.8 Å². The zero-order valence-corrected chi connectivity index (χ0v) is 10.6. The summed E-state index contributed by atoms with van der Waals surface area (Å²) in [6, 6.07) is 9.62. The Labute approximate surface area is 106 Å². The number of hydrogen-bond donors (Lipinski definition) is 2. The Morgan fingerprint density at radius 3 is 2.17 bits per heavy atom. The van der Waals surface area contributed by atoms with Crippen LogP contribution in [0.2, 0.25) is 0 Å². The fourth-order valence-corrected chi connectivity index (χ4v) is 2.99. The van der Waals surface area contributed by atoms with Gasteiger partial charge in [-0.15, -0.1) is 0 Å². The molecule has 1 aliphatic rings. The molecule has 18 heavy (non-hydrogen) atoms. The van der Waals surface area contributed by atoms with Crippen molar-refractivity contribution in [3.8, 4) is 0 Å². The van der Waals surface area contributed by atoms with Gasteiger partial charge in [-0.05, 0) is 12.0 Å². The first kappa shape index (κ1) is 12.6. The number of hydrogen-bond acceptors (Lipinski definition) is 2. The van der Waals surface area contributed by atoms with E-state index in [0.717, 1.165) is 5.56 Å². The standard InChI is InChI=1S/C14H18N2O2/c1-13(2,9-6-4-3-5-7-9)14(12(16)18)8-10(14)11(15)17/h3-7,10H,8H2,1-2H3,(H2,15,17)(H2,16,18). The maximum Gasteiger partial charge on any atom is 0.225 e. The second kappa shape index (κ2) is 3.83. The normalized spacial score (nSPS) is 26.7. The first-order valence-electron chi connectivity index (χ1n) is 5.99. The summed E-state index contributed by atoms with van der Waals surface area (Å²) in [5.74, 6) is -1.34. The molecule has 1 fully saturated rings. The number of primary amides is 2. The van der Waals surface area contributed by atoms with E-state index in [1.165, 1.54) is 0 Å². The molecule has 2 unspecified atom stereocenters. The van der Waals surface area contributed by atoms with E-state index in [-0.39, 0.29) is 0 Å². The first-order chi connectivity index (χ1) is 8.34. The zero-order valence-electron chi connectivity index (χ0n) is 10.6. The largest absolute Gasteiger partial charge is 0.369 e. The van der Waals surface area contributed by atoms with Crippen LogP contribution in [-0.2, 0) is 15.0 Å². The van der Waals surface area contributed by atoms with Crippen LogP contribution in [0.1, 0.15) is 25.8 Å². The van der Waals surface area contributed by atoms with Crippen LogP contribution in [0.5, 0.6) is 0 Å². The zero-order chi connectivity index (χ0) is 13.6. The monoisotopic (exact) mass is 246 g/mol. The molecule has 0 aromatic heterocycles. The van der Waals surface area contributed by atoms with Crippen molar-refractivity contribution in [2.45, 2.75) is 25.7 Å². The summed E-state index contributed by atoms with van der Waals surface area (Å²) in [6.45, 7) is 3.88. The highest BCUT2D eigenvalue weighted by Gasteiger charge is 2.69. The third kappa shape index (κ3) is 1.52. The molecule has 4 N–H and O–H groups in total. The van der Waals surface area contributed by atoms with Crippen molar-refractivity contribution in [1.29, 1.82) is 0 Å². The van der Waals surface area contributed by atoms with Crippen molar-refractivity contribution in [2.24, 2.45) is 22.8 Å². The van der Waals surface area contributed by atoms with Gasteiger partial charge in [-0.1, -0.05) is 44.2 Å². The molecule has 0 radical (unpaired) electrons. The van der Waals surface area contributed by atoms with Crippen LogP contribution in [0.3, 0.4) is 0 Å². The molecule has 0 spiro atoms. The number of nitrogens with two attached hydrogens (primary N) is 2. The van der Waals surface area contributed by atoms with Crippen molar-refractivity contribution in [2.75, 3.05) is 0 Å². The van der Waals surface area contributed by atoms with Gasteiger partial charge in [0, 0.05) is 5.41 Å². The van der Waals surface area contributed by atoms with Gasteiger partial charge in [0.15, 0.2) is 0 Å². The van der Waals surface area contributed by atoms with E-state index < -0.39 is 28.6 Å². The van der Waals surface area contributed by atoms with E-state index in [1.807, 2.05) is 44.2 Å². The van der Waals surface area contributed by atoms with E-state index in [9.17, 15) is 9.59 Å². The van der Waals surface area contributed by atoms with Gasteiger partial charge in [-0.3, -0.25) is 9.59 Å². The molecule has 2 rings (SSSR count). The molecular formula is C14H18N2O2. The summed E-state index contributed by atoms with van der Waals surface area (Å²) in [5.41, 5.74) is 10.5. The molecule has 2 atom stereocenters. The van der Waals surface area contributed by atoms with Crippen LogP contribution >= 0.6 is 0 Å². The molecule has 0 heterocycles. The lowest BCUT2D eigenvalue weighted by Crippen LogP contribution is -2.44. The second-order valence-corrected chi connectivity index (χ2v) is 5.49. The lowest BCUT2D eigenvalue weighted by Gasteiger charge is -2.34. The van der Waals surface area contributed by atoms with E-state index >= 15 is 0 Å². The average Bonchev–Trinajstić information content (AvgIpc) is 3.07. The van der Waals surface area contributed by atoms with Crippen LogP contribution in [0.25, 0.3) is 0 Å². The quantitative estimate of drug-likeness (QED) is 0.828. The number of carbonyl (C=O) groups excluding carboxylic acids is 2. The van der Waals surface area contributed by atoms with Crippen LogP contribution < -0.4 is 11.5 Å². The Morgan fingerprint density at radius 2 is 1.78 bits per heavy atom. The summed E-state index contributed by atoms with van der Waals surface area (Å²) < 4.78 is 0. The highest BCUT2D eigenvalue weighted by atomic mass is 16.2. The number of amides is 2. The molecule has 1 saturated carbocycles. The Morgan fingerprint density at radius 1 is 1.22 bits per heavy atom. The van der Waals surface area contributed by atoms with Gasteiger partial charge in [0.1, 0.15) is 0 Å². The van der Waals surface area contributed by atoms with Gasteiger partial charge in [-0.25, -0.2) is 0 Å². The maximum absolute atomic E-state index is 11.8. The van der Waals surface area contributed by atoms with Crippen LogP contribution in [0.15, 0.2) is 30.3 Å². The molecule has 4 heteroatoms. The first-order valence-corrected chi connectivity index (χ1v) is 5.99. The van der Waals surface area contributed by atoms with Gasteiger partial charge < -0.3 is 11.5 Å². The lowest BCUT2D eigenvalue weighted by molar-refractivity contribution is -0.130. The van der Waals surface area contributed by atoms with Gasteiger partial charge >= 0.3 is 0 Å². The molecule has 1 aliphatic carbocycles. The molecule has 0 saturated heterocycles. The van der Waals surface area contributed by atoms with Crippen LogP contribution in [0.4, 0.5) is 0 Å². The highest BCUT2D eigenvalue weighted by molar-refractivity contribution is 5.96. The van der Waals surface area contributed by atoms with Gasteiger partial charge in [0.05, 0.1) is 11.3 Å². The van der Waals surface area contributed by atoms with Crippen molar-refractivity contribution in [1.82, 2.24) is 0 Å². The van der Waals surface area contributed by atoms with E-state index in [1.54, 1.807) is 0 Å². The van der Waals surface area contributed by atoms with Crippen LogP contribution in [0, 0.1) is 11.3 Å². The molecule has 1 aromatic rings. The number of rotatable bonds is 4. The van der Waals surface area contributed by atoms with Gasteiger partial charge in [0.2, 0.25) is 11.8 Å². The van der Waals surface area contributed by atoms with Crippen molar-refractivity contribution in [3.63, 3.8) is 0 Å². The van der Waals surface area contributed by atoms with Crippen molar-refractivity contribution in [3.05, 3.63) is 35.9 Å². The molecule has 1 aromatic carbocycles. The Balaban J connectivity index is 2.46. The Bertz CT molecular complexity index is 496. The van der Waals surface area contributed by atoms with Crippen molar-refractivity contribution < 1.29 is 9.59 Å². The summed E-state index contributed by atoms with van der Waals surface area (Å²) in [6.07, 6.45) is 0.444. The summed E-state index contributed by atoms with van der Waals surface area (Å²) in [7, 11) is 0. The third-order valence-electron chi connectivity index (χ3n) is 4.35. The fraction of sp³-hybridized carbons (Fsp3) is 0.429. The minimum absolute atomic E-state index is 0.444. The predicted octanol–water partition coefficient (Wildman–Crippen LogP) is 0.941. The van der Waals surface area contributed by atoms with E-state index in [2.05, 4.69) is 0 Å². The SMILES string of the molecule is CC(C)(c1ccccc1)C1(C(N)=O)CC1C(N)=O. The fourth-order valence-electron chi connectivity index (χ4n) is 2.99. The smallest absolute Gasteiger partial charge is 0.225 e. The molecule has 96 valence electrons. The average molecular weight is 246 g/mol. The number of carbonyl (C=O) groups is 2. The molecule has 0 aliphatic heterocycles. The summed E-state index contributed by atoms with van der Waals surface area (Å²) in [5, 5.41) is 0.